The smallest absolute Gasteiger partial charge is 0.215 e. The third-order valence-electron chi connectivity index (χ3n) is 3.26. The van der Waals surface area contributed by atoms with Gasteiger partial charge in [-0.15, -0.1) is 0 Å². The second-order valence-corrected chi connectivity index (χ2v) is 5.22. The van der Waals surface area contributed by atoms with E-state index in [1.54, 1.807) is 0 Å². The third-order valence-corrected chi connectivity index (χ3v) is 3.26. The van der Waals surface area contributed by atoms with Crippen LogP contribution in [0.1, 0.15) is 13.3 Å². The van der Waals surface area contributed by atoms with Gasteiger partial charge in [-0.25, -0.2) is 0 Å². The maximum Gasteiger partial charge on any atom is 0.215 e. The lowest BCUT2D eigenvalue weighted by atomic mass is 10.2. The van der Waals surface area contributed by atoms with Crippen LogP contribution in [0.3, 0.4) is 0 Å². The van der Waals surface area contributed by atoms with Crippen LogP contribution in [0.25, 0.3) is 0 Å². The number of hydrogen-bond acceptors (Lipinski definition) is 5. The fourth-order valence-corrected chi connectivity index (χ4v) is 2.56. The van der Waals surface area contributed by atoms with Crippen molar-refractivity contribution in [2.75, 3.05) is 38.7 Å². The molecule has 2 rings (SSSR count). The Morgan fingerprint density at radius 3 is 2.95 bits per heavy atom. The molecule has 1 saturated heterocycles. The van der Waals surface area contributed by atoms with Gasteiger partial charge < -0.3 is 19.6 Å². The maximum atomic E-state index is 9.90. The molecule has 2 atom stereocenters. The summed E-state index contributed by atoms with van der Waals surface area (Å²) in [5.74, 6) is 1.53. The van der Waals surface area contributed by atoms with Crippen molar-refractivity contribution in [3.05, 3.63) is 18.2 Å². The first-order chi connectivity index (χ1) is 9.10. The average molecular weight is 265 g/mol. The Kier molecular flexibility index (Phi) is 4.61. The van der Waals surface area contributed by atoms with Gasteiger partial charge in [-0.3, -0.25) is 0 Å². The number of nitrogens with zero attached hydrogens (tertiary/aromatic N) is 3. The number of β-amino-alcohol motifs (C(OH)–C–C–N with tert-alkyl or cyclic N) is 1. The zero-order valence-corrected chi connectivity index (χ0v) is 11.9. The number of rotatable bonds is 5. The molecule has 0 spiro atoms. The van der Waals surface area contributed by atoms with E-state index in [4.69, 9.17) is 4.74 Å². The third kappa shape index (κ3) is 3.58. The zero-order chi connectivity index (χ0) is 13.8. The lowest BCUT2D eigenvalue weighted by Crippen LogP contribution is -2.38. The van der Waals surface area contributed by atoms with Crippen LogP contribution in [0.15, 0.2) is 18.2 Å². The molecule has 0 aliphatic carbocycles. The quantitative estimate of drug-likeness (QED) is 0.860. The number of anilines is 1. The van der Waals surface area contributed by atoms with E-state index in [-0.39, 0.29) is 6.10 Å². The van der Waals surface area contributed by atoms with Crippen molar-refractivity contribution in [2.24, 2.45) is 0 Å². The highest BCUT2D eigenvalue weighted by atomic mass is 16.5. The van der Waals surface area contributed by atoms with E-state index >= 15 is 0 Å². The fraction of sp³-hybridized carbons (Fsp3) is 0.643. The lowest BCUT2D eigenvalue weighted by Gasteiger charge is -2.27. The molecule has 0 radical (unpaired) electrons. The summed E-state index contributed by atoms with van der Waals surface area (Å²) in [7, 11) is 4.10. The fourth-order valence-electron chi connectivity index (χ4n) is 2.56. The highest BCUT2D eigenvalue weighted by Crippen LogP contribution is 2.26. The summed E-state index contributed by atoms with van der Waals surface area (Å²) in [6, 6.07) is 6.09. The van der Waals surface area contributed by atoms with Crippen LogP contribution in [0.2, 0.25) is 0 Å². The summed E-state index contributed by atoms with van der Waals surface area (Å²) in [6.45, 7) is 4.11. The molecule has 1 aliphatic heterocycles. The molecule has 1 aromatic rings. The van der Waals surface area contributed by atoms with Gasteiger partial charge in [0.05, 0.1) is 12.7 Å². The summed E-state index contributed by atoms with van der Waals surface area (Å²) >= 11 is 0. The number of pyridine rings is 1. The molecule has 2 heterocycles. The van der Waals surface area contributed by atoms with Crippen molar-refractivity contribution in [1.82, 2.24) is 9.88 Å². The molecule has 0 bridgehead atoms. The van der Waals surface area contributed by atoms with Crippen LogP contribution < -0.4 is 9.64 Å². The van der Waals surface area contributed by atoms with E-state index in [2.05, 4.69) is 14.8 Å². The molecule has 106 valence electrons. The van der Waals surface area contributed by atoms with Gasteiger partial charge in [0.2, 0.25) is 5.88 Å². The molecular weight excluding hydrogens is 242 g/mol. The van der Waals surface area contributed by atoms with Gasteiger partial charge in [0.1, 0.15) is 5.82 Å². The Balaban J connectivity index is 2.16. The lowest BCUT2D eigenvalue weighted by molar-refractivity contribution is 0.191. The largest absolute Gasteiger partial charge is 0.478 e. The number of aromatic nitrogens is 1. The van der Waals surface area contributed by atoms with Gasteiger partial charge in [-0.2, -0.15) is 4.98 Å². The summed E-state index contributed by atoms with van der Waals surface area (Å²) in [5.41, 5.74) is 0. The van der Waals surface area contributed by atoms with Crippen molar-refractivity contribution in [3.8, 4) is 5.88 Å². The van der Waals surface area contributed by atoms with Crippen LogP contribution in [0.5, 0.6) is 5.88 Å². The van der Waals surface area contributed by atoms with Crippen molar-refractivity contribution >= 4 is 5.82 Å². The van der Waals surface area contributed by atoms with Crippen LogP contribution in [0, 0.1) is 0 Å². The molecule has 1 N–H and O–H groups in total. The number of hydrogen-bond donors (Lipinski definition) is 1. The standard InChI is InChI=1S/C14H23N3O2/c1-4-19-14-7-5-6-13(15-14)17-10-12(18)8-11(17)9-16(2)3/h5-7,11-12,18H,4,8-10H2,1-3H3. The Morgan fingerprint density at radius 2 is 2.26 bits per heavy atom. The van der Waals surface area contributed by atoms with E-state index in [0.29, 0.717) is 25.1 Å². The van der Waals surface area contributed by atoms with Crippen LogP contribution in [-0.4, -0.2) is 60.9 Å². The van der Waals surface area contributed by atoms with E-state index in [0.717, 1.165) is 18.8 Å². The SMILES string of the molecule is CCOc1cccc(N2CC(O)CC2CN(C)C)n1. The van der Waals surface area contributed by atoms with Crippen molar-refractivity contribution < 1.29 is 9.84 Å². The van der Waals surface area contributed by atoms with E-state index in [1.165, 1.54) is 0 Å². The molecule has 0 aromatic carbocycles. The van der Waals surface area contributed by atoms with Crippen LogP contribution in [-0.2, 0) is 0 Å². The molecule has 2 unspecified atom stereocenters. The number of aliphatic hydroxyl groups is 1. The number of aliphatic hydroxyl groups excluding tert-OH is 1. The first-order valence-electron chi connectivity index (χ1n) is 6.79. The Labute approximate surface area is 114 Å². The Morgan fingerprint density at radius 1 is 1.47 bits per heavy atom. The molecule has 5 nitrogen and oxygen atoms in total. The Hall–Kier alpha value is -1.33. The molecule has 19 heavy (non-hydrogen) atoms. The second-order valence-electron chi connectivity index (χ2n) is 5.22. The molecule has 1 aliphatic rings. The summed E-state index contributed by atoms with van der Waals surface area (Å²) in [4.78, 5) is 8.83. The van der Waals surface area contributed by atoms with Gasteiger partial charge in [0, 0.05) is 25.2 Å². The minimum Gasteiger partial charge on any atom is -0.478 e. The molecule has 0 amide bonds. The molecule has 5 heteroatoms. The number of likely N-dealkylation sites (N-methyl/N-ethyl adjacent to an activating group) is 1. The highest BCUT2D eigenvalue weighted by molar-refractivity contribution is 5.43. The monoisotopic (exact) mass is 265 g/mol. The predicted octanol–water partition coefficient (Wildman–Crippen LogP) is 0.981. The minimum absolute atomic E-state index is 0.275. The first-order valence-corrected chi connectivity index (χ1v) is 6.79. The van der Waals surface area contributed by atoms with Gasteiger partial charge in [0.15, 0.2) is 0 Å². The number of ether oxygens (including phenoxy) is 1. The van der Waals surface area contributed by atoms with E-state index in [9.17, 15) is 5.11 Å². The van der Waals surface area contributed by atoms with Crippen LogP contribution in [0.4, 0.5) is 5.82 Å². The summed E-state index contributed by atoms with van der Waals surface area (Å²) in [6.07, 6.45) is 0.515. The summed E-state index contributed by atoms with van der Waals surface area (Å²) < 4.78 is 5.44. The van der Waals surface area contributed by atoms with Crippen molar-refractivity contribution in [3.63, 3.8) is 0 Å². The molecule has 1 fully saturated rings. The normalized spacial score (nSPS) is 23.1. The summed E-state index contributed by atoms with van der Waals surface area (Å²) in [5, 5.41) is 9.90. The van der Waals surface area contributed by atoms with Crippen molar-refractivity contribution in [2.45, 2.75) is 25.5 Å². The van der Waals surface area contributed by atoms with Gasteiger partial charge in [-0.05, 0) is 33.5 Å². The van der Waals surface area contributed by atoms with Crippen LogP contribution >= 0.6 is 0 Å². The topological polar surface area (TPSA) is 48.8 Å². The molecular formula is C14H23N3O2. The Bertz CT molecular complexity index is 411. The zero-order valence-electron chi connectivity index (χ0n) is 11.9. The first kappa shape index (κ1) is 14.1. The highest BCUT2D eigenvalue weighted by Gasteiger charge is 2.32. The average Bonchev–Trinajstić information content (AvgIpc) is 2.70. The van der Waals surface area contributed by atoms with E-state index < -0.39 is 0 Å². The second kappa shape index (κ2) is 6.21. The van der Waals surface area contributed by atoms with Gasteiger partial charge >= 0.3 is 0 Å². The molecule has 0 saturated carbocycles. The minimum atomic E-state index is -0.275. The van der Waals surface area contributed by atoms with Crippen molar-refractivity contribution in [1.29, 1.82) is 0 Å². The van der Waals surface area contributed by atoms with E-state index in [1.807, 2.05) is 39.2 Å². The molecule has 1 aromatic heterocycles. The van der Waals surface area contributed by atoms with Gasteiger partial charge in [-0.1, -0.05) is 6.07 Å². The maximum absolute atomic E-state index is 9.90. The van der Waals surface area contributed by atoms with Gasteiger partial charge in [0.25, 0.3) is 0 Å². The predicted molar refractivity (Wildman–Crippen MR) is 75.7 cm³/mol.